The highest BCUT2D eigenvalue weighted by Crippen LogP contribution is 2.23. The van der Waals surface area contributed by atoms with Crippen LogP contribution in [0.3, 0.4) is 0 Å². The van der Waals surface area contributed by atoms with Crippen LogP contribution in [0.1, 0.15) is 42.8 Å². The minimum absolute atomic E-state index is 0.776. The molecule has 1 heterocycles. The highest BCUT2D eigenvalue weighted by molar-refractivity contribution is 7.09. The maximum absolute atomic E-state index is 4.65. The van der Waals surface area contributed by atoms with Crippen molar-refractivity contribution >= 4 is 11.3 Å². The van der Waals surface area contributed by atoms with Crippen LogP contribution in [-0.4, -0.2) is 30.0 Å². The molecule has 0 aromatic carbocycles. The number of hydrogen-bond donors (Lipinski definition) is 1. The molecular weight excluding hydrogens is 230 g/mol. The van der Waals surface area contributed by atoms with Crippen LogP contribution in [0.4, 0.5) is 0 Å². The molecule has 1 aromatic heterocycles. The second kappa shape index (κ2) is 6.47. The van der Waals surface area contributed by atoms with E-state index in [-0.39, 0.29) is 0 Å². The van der Waals surface area contributed by atoms with E-state index in [0.717, 1.165) is 19.1 Å². The maximum atomic E-state index is 4.65. The van der Waals surface area contributed by atoms with Gasteiger partial charge in [0.1, 0.15) is 5.01 Å². The van der Waals surface area contributed by atoms with Crippen molar-refractivity contribution in [1.82, 2.24) is 15.2 Å². The van der Waals surface area contributed by atoms with Crippen molar-refractivity contribution in [1.29, 1.82) is 0 Å². The molecule has 0 bridgehead atoms. The Morgan fingerprint density at radius 1 is 1.41 bits per heavy atom. The first-order chi connectivity index (χ1) is 8.29. The molecule has 1 N–H and O–H groups in total. The van der Waals surface area contributed by atoms with Gasteiger partial charge in [0.2, 0.25) is 0 Å². The van der Waals surface area contributed by atoms with E-state index in [4.69, 9.17) is 0 Å². The molecule has 0 amide bonds. The van der Waals surface area contributed by atoms with Gasteiger partial charge in [-0.2, -0.15) is 0 Å². The van der Waals surface area contributed by atoms with E-state index in [1.807, 2.05) is 7.05 Å². The van der Waals surface area contributed by atoms with Crippen LogP contribution in [0.2, 0.25) is 0 Å². The van der Waals surface area contributed by atoms with Gasteiger partial charge in [0.15, 0.2) is 0 Å². The Hall–Kier alpha value is -0.450. The average Bonchev–Trinajstić information content (AvgIpc) is 2.78. The second-order valence-electron chi connectivity index (χ2n) is 4.97. The summed E-state index contributed by atoms with van der Waals surface area (Å²) in [6.45, 7) is 1.89. The Bertz CT molecular complexity index is 331. The zero-order valence-electron chi connectivity index (χ0n) is 10.9. The van der Waals surface area contributed by atoms with Crippen molar-refractivity contribution in [3.63, 3.8) is 0 Å². The topological polar surface area (TPSA) is 28.2 Å². The normalized spacial score (nSPS) is 17.8. The predicted molar refractivity (Wildman–Crippen MR) is 73.2 cm³/mol. The summed E-state index contributed by atoms with van der Waals surface area (Å²) in [5.41, 5.74) is 1.23. The van der Waals surface area contributed by atoms with Gasteiger partial charge in [-0.05, 0) is 26.9 Å². The highest BCUT2D eigenvalue weighted by Gasteiger charge is 2.18. The molecular formula is C13H23N3S. The number of aromatic nitrogens is 1. The minimum atomic E-state index is 0.776. The molecule has 1 saturated carbocycles. The minimum Gasteiger partial charge on any atom is -0.314 e. The summed E-state index contributed by atoms with van der Waals surface area (Å²) in [5.74, 6) is 0. The molecule has 0 unspecified atom stereocenters. The lowest BCUT2D eigenvalue weighted by atomic mass is 9.94. The van der Waals surface area contributed by atoms with E-state index < -0.39 is 0 Å². The number of hydrogen-bond acceptors (Lipinski definition) is 4. The van der Waals surface area contributed by atoms with E-state index in [1.165, 1.54) is 42.8 Å². The highest BCUT2D eigenvalue weighted by atomic mass is 32.1. The first-order valence-electron chi connectivity index (χ1n) is 6.57. The monoisotopic (exact) mass is 253 g/mol. The third-order valence-electron chi connectivity index (χ3n) is 3.54. The molecule has 1 fully saturated rings. The number of rotatable bonds is 5. The van der Waals surface area contributed by atoms with E-state index in [1.54, 1.807) is 11.3 Å². The molecule has 17 heavy (non-hydrogen) atoms. The summed E-state index contributed by atoms with van der Waals surface area (Å²) in [6, 6.07) is 0.776. The third-order valence-corrected chi connectivity index (χ3v) is 4.43. The second-order valence-corrected chi connectivity index (χ2v) is 5.91. The molecule has 0 aliphatic heterocycles. The molecule has 1 aromatic rings. The molecule has 1 aliphatic rings. The molecule has 3 nitrogen and oxygen atoms in total. The van der Waals surface area contributed by atoms with Crippen LogP contribution >= 0.6 is 11.3 Å². The van der Waals surface area contributed by atoms with Crippen LogP contribution < -0.4 is 5.32 Å². The molecule has 0 spiro atoms. The Kier molecular flexibility index (Phi) is 4.95. The van der Waals surface area contributed by atoms with Crippen molar-refractivity contribution in [3.05, 3.63) is 16.1 Å². The molecule has 4 heteroatoms. The van der Waals surface area contributed by atoms with Gasteiger partial charge in [-0.1, -0.05) is 19.3 Å². The van der Waals surface area contributed by atoms with E-state index in [9.17, 15) is 0 Å². The first-order valence-corrected chi connectivity index (χ1v) is 7.45. The fraction of sp³-hybridized carbons (Fsp3) is 0.769. The van der Waals surface area contributed by atoms with Gasteiger partial charge in [-0.15, -0.1) is 11.3 Å². The van der Waals surface area contributed by atoms with Crippen molar-refractivity contribution in [2.75, 3.05) is 14.1 Å². The number of nitrogens with one attached hydrogen (secondary N) is 1. The fourth-order valence-electron chi connectivity index (χ4n) is 2.56. The van der Waals surface area contributed by atoms with Gasteiger partial charge in [-0.3, -0.25) is 4.90 Å². The van der Waals surface area contributed by atoms with Crippen LogP contribution in [0.15, 0.2) is 5.38 Å². The van der Waals surface area contributed by atoms with Gasteiger partial charge in [0.25, 0.3) is 0 Å². The van der Waals surface area contributed by atoms with Gasteiger partial charge >= 0.3 is 0 Å². The van der Waals surface area contributed by atoms with Crippen LogP contribution in [-0.2, 0) is 13.1 Å². The van der Waals surface area contributed by atoms with Crippen molar-refractivity contribution in [3.8, 4) is 0 Å². The molecule has 1 aliphatic carbocycles. The van der Waals surface area contributed by atoms with E-state index >= 15 is 0 Å². The van der Waals surface area contributed by atoms with Crippen molar-refractivity contribution < 1.29 is 0 Å². The quantitative estimate of drug-likeness (QED) is 0.874. The first kappa shape index (κ1) is 13.0. The van der Waals surface area contributed by atoms with Gasteiger partial charge in [-0.25, -0.2) is 4.98 Å². The third kappa shape index (κ3) is 3.76. The average molecular weight is 253 g/mol. The van der Waals surface area contributed by atoms with Crippen LogP contribution in [0.25, 0.3) is 0 Å². The van der Waals surface area contributed by atoms with E-state index in [0.29, 0.717) is 0 Å². The number of nitrogens with zero attached hydrogens (tertiary/aromatic N) is 2. The van der Waals surface area contributed by atoms with Crippen LogP contribution in [0.5, 0.6) is 0 Å². The van der Waals surface area contributed by atoms with Gasteiger partial charge in [0.05, 0.1) is 5.69 Å². The summed E-state index contributed by atoms with van der Waals surface area (Å²) in [6.07, 6.45) is 6.95. The molecule has 0 radical (unpaired) electrons. The predicted octanol–water partition coefficient (Wildman–Crippen LogP) is 2.63. The van der Waals surface area contributed by atoms with Crippen molar-refractivity contribution in [2.45, 2.75) is 51.2 Å². The largest absolute Gasteiger partial charge is 0.314 e. The lowest BCUT2D eigenvalue weighted by Crippen LogP contribution is -2.32. The van der Waals surface area contributed by atoms with Crippen molar-refractivity contribution in [2.24, 2.45) is 0 Å². The molecule has 0 atom stereocenters. The Morgan fingerprint density at radius 3 is 2.88 bits per heavy atom. The van der Waals surface area contributed by atoms with Gasteiger partial charge < -0.3 is 5.32 Å². The van der Waals surface area contributed by atoms with Gasteiger partial charge in [0, 0.05) is 24.5 Å². The Labute approximate surface area is 108 Å². The summed E-state index contributed by atoms with van der Waals surface area (Å²) < 4.78 is 0. The summed E-state index contributed by atoms with van der Waals surface area (Å²) in [5, 5.41) is 6.54. The Morgan fingerprint density at radius 2 is 2.18 bits per heavy atom. The van der Waals surface area contributed by atoms with E-state index in [2.05, 4.69) is 27.6 Å². The maximum Gasteiger partial charge on any atom is 0.107 e. The lowest BCUT2D eigenvalue weighted by molar-refractivity contribution is 0.183. The molecule has 2 rings (SSSR count). The SMILES string of the molecule is CNCc1nc(CN(C)C2CCCCC2)cs1. The number of thiazole rings is 1. The summed E-state index contributed by atoms with van der Waals surface area (Å²) >= 11 is 1.76. The smallest absolute Gasteiger partial charge is 0.107 e. The summed E-state index contributed by atoms with van der Waals surface area (Å²) in [4.78, 5) is 7.13. The summed E-state index contributed by atoms with van der Waals surface area (Å²) in [7, 11) is 4.21. The lowest BCUT2D eigenvalue weighted by Gasteiger charge is -2.30. The van der Waals surface area contributed by atoms with Crippen LogP contribution in [0, 0.1) is 0 Å². The standard InChI is InChI=1S/C13H23N3S/c1-14-8-13-15-11(10-17-13)9-16(2)12-6-4-3-5-7-12/h10,12,14H,3-9H2,1-2H3. The Balaban J connectivity index is 1.85. The molecule has 96 valence electrons. The molecule has 0 saturated heterocycles. The zero-order chi connectivity index (χ0) is 12.1. The zero-order valence-corrected chi connectivity index (χ0v) is 11.7. The fourth-order valence-corrected chi connectivity index (χ4v) is 3.36.